The van der Waals surface area contributed by atoms with Crippen LogP contribution in [0.15, 0.2) is 81.0 Å². The molecule has 1 heterocycles. The zero-order valence-electron chi connectivity index (χ0n) is 18.4. The number of allylic oxidation sites excluding steroid dienone is 4. The van der Waals surface area contributed by atoms with E-state index in [9.17, 15) is 18.4 Å². The molecule has 0 atom stereocenters. The summed E-state index contributed by atoms with van der Waals surface area (Å²) in [5.74, 6) is 0. The Morgan fingerprint density at radius 2 is 2.09 bits per heavy atom. The normalized spacial score (nSPS) is 13.1. The van der Waals surface area contributed by atoms with Crippen LogP contribution in [0.3, 0.4) is 0 Å². The van der Waals surface area contributed by atoms with Gasteiger partial charge in [0, 0.05) is 36.9 Å². The summed E-state index contributed by atoms with van der Waals surface area (Å²) in [6.07, 6.45) is 0.117. The lowest BCUT2D eigenvalue weighted by molar-refractivity contribution is -0.0906. The molecule has 0 spiro atoms. The Labute approximate surface area is 203 Å². The van der Waals surface area contributed by atoms with Crippen molar-refractivity contribution in [2.75, 3.05) is 12.4 Å². The lowest BCUT2D eigenvalue weighted by atomic mass is 10.1. The van der Waals surface area contributed by atoms with Crippen LogP contribution in [0.4, 0.5) is 18.9 Å². The highest BCUT2D eigenvalue weighted by atomic mass is 32.1. The molecule has 0 unspecified atom stereocenters. The van der Waals surface area contributed by atoms with Gasteiger partial charge in [-0.2, -0.15) is 23.5 Å². The Kier molecular flexibility index (Phi) is 9.19. The van der Waals surface area contributed by atoms with E-state index in [1.54, 1.807) is 12.1 Å². The molecule has 180 valence electrons. The lowest BCUT2D eigenvalue weighted by Crippen LogP contribution is -2.25. The fourth-order valence-corrected chi connectivity index (χ4v) is 3.47. The van der Waals surface area contributed by atoms with Gasteiger partial charge in [-0.1, -0.05) is 12.6 Å². The molecule has 0 aliphatic rings. The van der Waals surface area contributed by atoms with Crippen LogP contribution >= 0.6 is 11.3 Å². The number of hydrogen-bond donors (Lipinski definition) is 4. The molecule has 0 saturated carbocycles. The Bertz CT molecular complexity index is 1290. The van der Waals surface area contributed by atoms with Gasteiger partial charge in [0.25, 0.3) is 0 Å². The number of nitrogens with one attached hydrogen (secondary N) is 4. The monoisotopic (exact) mass is 499 g/mol. The van der Waals surface area contributed by atoms with Crippen LogP contribution in [0.5, 0.6) is 0 Å². The quantitative estimate of drug-likeness (QED) is 0.152. The summed E-state index contributed by atoms with van der Waals surface area (Å²) in [5.41, 5.74) is 0.183. The van der Waals surface area contributed by atoms with Crippen molar-refractivity contribution in [1.29, 1.82) is 16.1 Å². The van der Waals surface area contributed by atoms with Crippen molar-refractivity contribution >= 4 is 52.6 Å². The molecule has 0 saturated heterocycles. The SMILES string of the molecule is C=N/C=C(\C=C(\C#N)N(C)/N=C\C=N)NC(=C)/C(C=N)=C(/Nc1cccc2ncsc12)C(F)(F)F. The van der Waals surface area contributed by atoms with E-state index < -0.39 is 17.4 Å². The standard InChI is InChI=1S/C22H20F3N9S/c1-14(32-15(12-29-2)9-16(10-27)34(3)31-8-7-26)17(11-28)21(22(23,24)25)33-19-6-4-5-18-20(19)35-13-30-18/h4-9,11-13,26,28,32-33H,1-2H2,3H3/b15-12+,16-9-,21-17+,26-7?,28-11?,31-8-. The predicted octanol–water partition coefficient (Wildman–Crippen LogP) is 4.79. The third kappa shape index (κ3) is 6.95. The summed E-state index contributed by atoms with van der Waals surface area (Å²) in [7, 11) is 1.44. The molecule has 1 aromatic heterocycles. The molecule has 4 N–H and O–H groups in total. The van der Waals surface area contributed by atoms with Crippen molar-refractivity contribution in [3.63, 3.8) is 0 Å². The summed E-state index contributed by atoms with van der Waals surface area (Å²) < 4.78 is 42.7. The summed E-state index contributed by atoms with van der Waals surface area (Å²) in [5, 5.41) is 34.0. The summed E-state index contributed by atoms with van der Waals surface area (Å²) in [6.45, 7) is 6.96. The zero-order valence-corrected chi connectivity index (χ0v) is 19.2. The van der Waals surface area contributed by atoms with Gasteiger partial charge in [0.05, 0.1) is 33.3 Å². The van der Waals surface area contributed by atoms with Gasteiger partial charge >= 0.3 is 6.18 Å². The molecule has 2 rings (SSSR count). The van der Waals surface area contributed by atoms with E-state index in [-0.39, 0.29) is 22.8 Å². The van der Waals surface area contributed by atoms with Crippen LogP contribution in [0.25, 0.3) is 10.2 Å². The Morgan fingerprint density at radius 1 is 1.34 bits per heavy atom. The van der Waals surface area contributed by atoms with Gasteiger partial charge in [-0.25, -0.2) is 4.98 Å². The van der Waals surface area contributed by atoms with E-state index in [1.807, 2.05) is 6.07 Å². The maximum absolute atomic E-state index is 14.1. The van der Waals surface area contributed by atoms with E-state index in [1.165, 1.54) is 36.0 Å². The van der Waals surface area contributed by atoms with Crippen molar-refractivity contribution < 1.29 is 13.2 Å². The van der Waals surface area contributed by atoms with Gasteiger partial charge in [0.1, 0.15) is 17.5 Å². The van der Waals surface area contributed by atoms with Crippen molar-refractivity contribution in [3.8, 4) is 6.07 Å². The molecular weight excluding hydrogens is 479 g/mol. The van der Waals surface area contributed by atoms with E-state index in [2.05, 4.69) is 39.0 Å². The average molecular weight is 500 g/mol. The second-order valence-electron chi connectivity index (χ2n) is 6.53. The number of hydrogen-bond acceptors (Lipinski definition) is 10. The number of anilines is 1. The molecule has 9 nitrogen and oxygen atoms in total. The number of halogens is 3. The third-order valence-corrected chi connectivity index (χ3v) is 5.11. The number of fused-ring (bicyclic) bond motifs is 1. The van der Waals surface area contributed by atoms with Crippen LogP contribution in [0.1, 0.15) is 0 Å². The molecule has 13 heteroatoms. The van der Waals surface area contributed by atoms with Crippen LogP contribution < -0.4 is 10.6 Å². The molecule has 2 aromatic rings. The van der Waals surface area contributed by atoms with E-state index >= 15 is 0 Å². The molecule has 0 amide bonds. The van der Waals surface area contributed by atoms with Gasteiger partial charge in [-0.15, -0.1) is 11.3 Å². The molecule has 0 fully saturated rings. The second-order valence-corrected chi connectivity index (χ2v) is 7.38. The maximum Gasteiger partial charge on any atom is 0.431 e. The number of nitriles is 1. The smallest absolute Gasteiger partial charge is 0.354 e. The highest BCUT2D eigenvalue weighted by molar-refractivity contribution is 7.17. The topological polar surface area (TPSA) is 136 Å². The number of aromatic nitrogens is 1. The highest BCUT2D eigenvalue weighted by Crippen LogP contribution is 2.34. The minimum atomic E-state index is -4.86. The highest BCUT2D eigenvalue weighted by Gasteiger charge is 2.37. The van der Waals surface area contributed by atoms with Crippen LogP contribution in [-0.4, -0.2) is 48.6 Å². The van der Waals surface area contributed by atoms with Gasteiger partial charge in [-0.05, 0) is 24.9 Å². The minimum Gasteiger partial charge on any atom is -0.354 e. The molecule has 1 aromatic carbocycles. The van der Waals surface area contributed by atoms with Gasteiger partial charge in [-0.3, -0.25) is 10.0 Å². The summed E-state index contributed by atoms with van der Waals surface area (Å²) in [4.78, 5) is 7.69. The van der Waals surface area contributed by atoms with Crippen molar-refractivity contribution in [1.82, 2.24) is 15.3 Å². The first-order valence-electron chi connectivity index (χ1n) is 9.58. The number of rotatable bonds is 11. The zero-order chi connectivity index (χ0) is 26.0. The van der Waals surface area contributed by atoms with Crippen LogP contribution in [-0.2, 0) is 0 Å². The Morgan fingerprint density at radius 3 is 2.69 bits per heavy atom. The molecule has 0 aliphatic heterocycles. The first-order chi connectivity index (χ1) is 16.7. The third-order valence-electron chi connectivity index (χ3n) is 4.23. The molecule has 0 aliphatic carbocycles. The first-order valence-corrected chi connectivity index (χ1v) is 10.5. The fraction of sp³-hybridized carbons (Fsp3) is 0.0909. The van der Waals surface area contributed by atoms with E-state index in [4.69, 9.17) is 10.8 Å². The summed E-state index contributed by atoms with van der Waals surface area (Å²) in [6, 6.07) is 6.60. The Balaban J connectivity index is 2.49. The largest absolute Gasteiger partial charge is 0.431 e. The number of alkyl halides is 3. The minimum absolute atomic E-state index is 0.0234. The second kappa shape index (κ2) is 12.1. The van der Waals surface area contributed by atoms with Gasteiger partial charge in [0.2, 0.25) is 0 Å². The van der Waals surface area contributed by atoms with Gasteiger partial charge < -0.3 is 21.5 Å². The molecule has 35 heavy (non-hydrogen) atoms. The van der Waals surface area contributed by atoms with E-state index in [0.717, 1.165) is 23.6 Å². The molecular formula is C22H20F3N9S. The predicted molar refractivity (Wildman–Crippen MR) is 134 cm³/mol. The summed E-state index contributed by atoms with van der Waals surface area (Å²) >= 11 is 1.17. The first kappa shape index (κ1) is 26.7. The number of aliphatic imine (C=N–C) groups is 1. The van der Waals surface area contributed by atoms with Crippen molar-refractivity contribution in [2.45, 2.75) is 6.18 Å². The van der Waals surface area contributed by atoms with Crippen molar-refractivity contribution in [3.05, 3.63) is 70.9 Å². The van der Waals surface area contributed by atoms with Crippen LogP contribution in [0.2, 0.25) is 0 Å². The maximum atomic E-state index is 14.1. The lowest BCUT2D eigenvalue weighted by Gasteiger charge is -2.20. The molecule has 0 bridgehead atoms. The van der Waals surface area contributed by atoms with Gasteiger partial charge in [0.15, 0.2) is 0 Å². The number of thiazole rings is 1. The van der Waals surface area contributed by atoms with Crippen molar-refractivity contribution in [2.24, 2.45) is 10.1 Å². The van der Waals surface area contributed by atoms with E-state index in [0.29, 0.717) is 16.4 Å². The number of benzene rings is 1. The number of hydrazone groups is 1. The fourth-order valence-electron chi connectivity index (χ4n) is 2.71. The Hall–Kier alpha value is -4.57. The molecule has 0 radical (unpaired) electrons. The van der Waals surface area contributed by atoms with Crippen LogP contribution in [0, 0.1) is 22.1 Å². The average Bonchev–Trinajstić information content (AvgIpc) is 3.30. The number of nitrogens with zero attached hydrogens (tertiary/aromatic N) is 5.